The molecule has 0 aliphatic rings. The minimum Gasteiger partial charge on any atom is -0.460 e. The maximum atomic E-state index is 11.4. The van der Waals surface area contributed by atoms with Gasteiger partial charge in [-0.1, -0.05) is 26.7 Å². The first-order valence-electron chi connectivity index (χ1n) is 5.09. The molecule has 2 heteroatoms. The minimum absolute atomic E-state index is 0.0409. The molecule has 2 nitrogen and oxygen atoms in total. The van der Waals surface area contributed by atoms with Crippen LogP contribution in [0.25, 0.3) is 0 Å². The Balaban J connectivity index is 3.83. The fourth-order valence-electron chi connectivity index (χ4n) is 1.03. The highest BCUT2D eigenvalue weighted by Crippen LogP contribution is 2.15. The van der Waals surface area contributed by atoms with Crippen LogP contribution in [-0.4, -0.2) is 11.6 Å². The molecule has 0 fully saturated rings. The molecule has 13 heavy (non-hydrogen) atoms. The Morgan fingerprint density at radius 3 is 2.31 bits per heavy atom. The van der Waals surface area contributed by atoms with Crippen LogP contribution in [-0.2, 0) is 9.53 Å². The second-order valence-corrected chi connectivity index (χ2v) is 4.58. The molecular weight excluding hydrogens is 164 g/mol. The van der Waals surface area contributed by atoms with Crippen molar-refractivity contribution < 1.29 is 9.53 Å². The number of unbranched alkanes of at least 4 members (excludes halogenated alkanes) is 1. The summed E-state index contributed by atoms with van der Waals surface area (Å²) in [7, 11) is 0. The van der Waals surface area contributed by atoms with E-state index in [-0.39, 0.29) is 17.5 Å². The third kappa shape index (κ3) is 6.62. The van der Waals surface area contributed by atoms with Crippen LogP contribution in [0.4, 0.5) is 0 Å². The standard InChI is InChI=1S/C11H22O2/c1-6-7-8-9(2)10(12)13-11(3,4)5/h9H,6-8H2,1-5H3/t9-/m1/s1. The first-order valence-corrected chi connectivity index (χ1v) is 5.09. The quantitative estimate of drug-likeness (QED) is 0.630. The highest BCUT2D eigenvalue weighted by molar-refractivity contribution is 5.72. The highest BCUT2D eigenvalue weighted by atomic mass is 16.6. The Morgan fingerprint density at radius 2 is 1.92 bits per heavy atom. The molecule has 0 saturated heterocycles. The molecule has 0 saturated carbocycles. The van der Waals surface area contributed by atoms with Crippen molar-refractivity contribution in [3.05, 3.63) is 0 Å². The van der Waals surface area contributed by atoms with Crippen LogP contribution < -0.4 is 0 Å². The predicted molar refractivity (Wildman–Crippen MR) is 54.5 cm³/mol. The molecule has 0 aromatic carbocycles. The second-order valence-electron chi connectivity index (χ2n) is 4.58. The normalized spacial score (nSPS) is 13.9. The molecular formula is C11H22O2. The van der Waals surface area contributed by atoms with Crippen LogP contribution in [0, 0.1) is 5.92 Å². The fraction of sp³-hybridized carbons (Fsp3) is 0.909. The van der Waals surface area contributed by atoms with Gasteiger partial charge in [0.15, 0.2) is 0 Å². The lowest BCUT2D eigenvalue weighted by molar-refractivity contribution is -0.159. The lowest BCUT2D eigenvalue weighted by atomic mass is 10.0. The molecule has 0 aromatic rings. The number of hydrogen-bond donors (Lipinski definition) is 0. The van der Waals surface area contributed by atoms with Crippen LogP contribution in [0.1, 0.15) is 53.9 Å². The first kappa shape index (κ1) is 12.5. The summed E-state index contributed by atoms with van der Waals surface area (Å²) in [5, 5.41) is 0. The van der Waals surface area contributed by atoms with E-state index in [1.165, 1.54) is 0 Å². The number of carbonyl (C=O) groups excluding carboxylic acids is 1. The average molecular weight is 186 g/mol. The SMILES string of the molecule is CCCC[C@@H](C)C(=O)OC(C)(C)C. The molecule has 0 radical (unpaired) electrons. The molecule has 0 amide bonds. The van der Waals surface area contributed by atoms with Crippen LogP contribution >= 0.6 is 0 Å². The molecule has 0 rings (SSSR count). The molecule has 1 atom stereocenters. The first-order chi connectivity index (χ1) is 5.87. The zero-order valence-electron chi connectivity index (χ0n) is 9.52. The van der Waals surface area contributed by atoms with Gasteiger partial charge in [0.1, 0.15) is 5.60 Å². The smallest absolute Gasteiger partial charge is 0.309 e. The zero-order valence-corrected chi connectivity index (χ0v) is 9.52. The Hall–Kier alpha value is -0.530. The van der Waals surface area contributed by atoms with Gasteiger partial charge in [0.05, 0.1) is 5.92 Å². The molecule has 0 heterocycles. The van der Waals surface area contributed by atoms with Gasteiger partial charge in [-0.2, -0.15) is 0 Å². The van der Waals surface area contributed by atoms with Crippen LogP contribution in [0.5, 0.6) is 0 Å². The van der Waals surface area contributed by atoms with E-state index in [2.05, 4.69) is 6.92 Å². The van der Waals surface area contributed by atoms with E-state index >= 15 is 0 Å². The van der Waals surface area contributed by atoms with Crippen LogP contribution in [0.15, 0.2) is 0 Å². The summed E-state index contributed by atoms with van der Waals surface area (Å²) in [6, 6.07) is 0. The van der Waals surface area contributed by atoms with Gasteiger partial charge in [0.25, 0.3) is 0 Å². The lowest BCUT2D eigenvalue weighted by Crippen LogP contribution is -2.27. The van der Waals surface area contributed by atoms with Crippen LogP contribution in [0.3, 0.4) is 0 Å². The summed E-state index contributed by atoms with van der Waals surface area (Å²) in [5.74, 6) is -0.0277. The van der Waals surface area contributed by atoms with E-state index in [0.29, 0.717) is 0 Å². The summed E-state index contributed by atoms with van der Waals surface area (Å²) < 4.78 is 5.26. The van der Waals surface area contributed by atoms with Gasteiger partial charge in [0, 0.05) is 0 Å². The third-order valence-electron chi connectivity index (χ3n) is 1.80. The second kappa shape index (κ2) is 5.25. The zero-order chi connectivity index (χ0) is 10.5. The van der Waals surface area contributed by atoms with Gasteiger partial charge in [0.2, 0.25) is 0 Å². The number of ether oxygens (including phenoxy) is 1. The van der Waals surface area contributed by atoms with Gasteiger partial charge in [-0.25, -0.2) is 0 Å². The van der Waals surface area contributed by atoms with Crippen molar-refractivity contribution in [2.45, 2.75) is 59.5 Å². The van der Waals surface area contributed by atoms with Crippen molar-refractivity contribution in [3.8, 4) is 0 Å². The highest BCUT2D eigenvalue weighted by Gasteiger charge is 2.20. The van der Waals surface area contributed by atoms with Gasteiger partial charge in [-0.15, -0.1) is 0 Å². The van der Waals surface area contributed by atoms with E-state index < -0.39 is 0 Å². The molecule has 0 aliphatic heterocycles. The monoisotopic (exact) mass is 186 g/mol. The number of hydrogen-bond acceptors (Lipinski definition) is 2. The lowest BCUT2D eigenvalue weighted by Gasteiger charge is -2.22. The molecule has 0 bridgehead atoms. The van der Waals surface area contributed by atoms with Crippen molar-refractivity contribution in [1.29, 1.82) is 0 Å². The van der Waals surface area contributed by atoms with E-state index in [0.717, 1.165) is 19.3 Å². The van der Waals surface area contributed by atoms with Crippen molar-refractivity contribution >= 4 is 5.97 Å². The minimum atomic E-state index is -0.350. The summed E-state index contributed by atoms with van der Waals surface area (Å²) in [5.41, 5.74) is -0.350. The van der Waals surface area contributed by atoms with E-state index in [1.54, 1.807) is 0 Å². The molecule has 78 valence electrons. The van der Waals surface area contributed by atoms with Gasteiger partial charge >= 0.3 is 5.97 Å². The Morgan fingerprint density at radius 1 is 1.38 bits per heavy atom. The Bertz CT molecular complexity index is 156. The van der Waals surface area contributed by atoms with Gasteiger partial charge in [-0.05, 0) is 27.2 Å². The molecule has 0 unspecified atom stereocenters. The Labute approximate surface area is 81.7 Å². The third-order valence-corrected chi connectivity index (χ3v) is 1.80. The number of carbonyl (C=O) groups is 1. The molecule has 0 spiro atoms. The molecule has 0 aromatic heterocycles. The number of rotatable bonds is 4. The van der Waals surface area contributed by atoms with Crippen molar-refractivity contribution in [2.24, 2.45) is 5.92 Å². The summed E-state index contributed by atoms with van der Waals surface area (Å²) >= 11 is 0. The largest absolute Gasteiger partial charge is 0.460 e. The predicted octanol–water partition coefficient (Wildman–Crippen LogP) is 3.15. The summed E-state index contributed by atoms with van der Waals surface area (Å²) in [4.78, 5) is 11.4. The number of esters is 1. The topological polar surface area (TPSA) is 26.3 Å². The van der Waals surface area contributed by atoms with Crippen molar-refractivity contribution in [3.63, 3.8) is 0 Å². The van der Waals surface area contributed by atoms with E-state index in [1.807, 2.05) is 27.7 Å². The Kier molecular flexibility index (Phi) is 5.04. The molecule has 0 aliphatic carbocycles. The fourth-order valence-corrected chi connectivity index (χ4v) is 1.03. The van der Waals surface area contributed by atoms with Gasteiger partial charge in [-0.3, -0.25) is 4.79 Å². The van der Waals surface area contributed by atoms with Crippen molar-refractivity contribution in [1.82, 2.24) is 0 Å². The van der Waals surface area contributed by atoms with Crippen LogP contribution in [0.2, 0.25) is 0 Å². The molecule has 0 N–H and O–H groups in total. The summed E-state index contributed by atoms with van der Waals surface area (Å²) in [6.07, 6.45) is 3.17. The maximum Gasteiger partial charge on any atom is 0.309 e. The van der Waals surface area contributed by atoms with E-state index in [9.17, 15) is 4.79 Å². The summed E-state index contributed by atoms with van der Waals surface area (Å²) in [6.45, 7) is 9.76. The van der Waals surface area contributed by atoms with Gasteiger partial charge < -0.3 is 4.74 Å². The average Bonchev–Trinajstić information content (AvgIpc) is 1.96. The van der Waals surface area contributed by atoms with E-state index in [4.69, 9.17) is 4.74 Å². The van der Waals surface area contributed by atoms with Crippen molar-refractivity contribution in [2.75, 3.05) is 0 Å². The maximum absolute atomic E-state index is 11.4.